The van der Waals surface area contributed by atoms with Gasteiger partial charge in [0.15, 0.2) is 0 Å². The molecule has 0 aromatic heterocycles. The van der Waals surface area contributed by atoms with E-state index in [1.54, 1.807) is 18.2 Å². The summed E-state index contributed by atoms with van der Waals surface area (Å²) in [6.45, 7) is 3.73. The van der Waals surface area contributed by atoms with Crippen LogP contribution in [0.25, 0.3) is 10.8 Å². The summed E-state index contributed by atoms with van der Waals surface area (Å²) in [5.74, 6) is 0.666. The Balaban J connectivity index is 1.59. The molecular weight excluding hydrogens is 348 g/mol. The van der Waals surface area contributed by atoms with Gasteiger partial charge in [-0.25, -0.2) is 13.1 Å². The van der Waals surface area contributed by atoms with Gasteiger partial charge in [0, 0.05) is 26.1 Å². The SMILES string of the molecule is CCCN(CC1CC1)C(=O)CCNS(=O)(=O)c1ccc2ccccc2c1. The average molecular weight is 375 g/mol. The number of hydrogen-bond donors (Lipinski definition) is 1. The van der Waals surface area contributed by atoms with Gasteiger partial charge in [-0.05, 0) is 48.1 Å². The second kappa shape index (κ2) is 8.18. The van der Waals surface area contributed by atoms with Gasteiger partial charge in [0.2, 0.25) is 15.9 Å². The molecule has 0 spiro atoms. The van der Waals surface area contributed by atoms with E-state index in [0.29, 0.717) is 5.92 Å². The van der Waals surface area contributed by atoms with Crippen molar-refractivity contribution in [1.82, 2.24) is 9.62 Å². The Morgan fingerprint density at radius 3 is 2.58 bits per heavy atom. The number of carbonyl (C=O) groups excluding carboxylic acids is 1. The van der Waals surface area contributed by atoms with Crippen molar-refractivity contribution >= 4 is 26.7 Å². The van der Waals surface area contributed by atoms with Crippen molar-refractivity contribution in [3.8, 4) is 0 Å². The molecule has 26 heavy (non-hydrogen) atoms. The molecular formula is C20H26N2O3S. The number of amides is 1. The van der Waals surface area contributed by atoms with Crippen molar-refractivity contribution < 1.29 is 13.2 Å². The van der Waals surface area contributed by atoms with E-state index in [1.807, 2.05) is 29.2 Å². The monoisotopic (exact) mass is 374 g/mol. The van der Waals surface area contributed by atoms with Crippen LogP contribution in [0, 0.1) is 5.92 Å². The molecule has 6 heteroatoms. The first-order chi connectivity index (χ1) is 12.5. The standard InChI is InChI=1S/C20H26N2O3S/c1-2-13-22(15-16-7-8-16)20(23)11-12-21-26(24,25)19-10-9-17-5-3-4-6-18(17)14-19/h3-6,9-10,14,16,21H,2,7-8,11-13,15H2,1H3. The lowest BCUT2D eigenvalue weighted by Crippen LogP contribution is -2.36. The van der Waals surface area contributed by atoms with Gasteiger partial charge < -0.3 is 4.90 Å². The number of carbonyl (C=O) groups is 1. The minimum atomic E-state index is -3.62. The zero-order valence-electron chi connectivity index (χ0n) is 15.1. The molecule has 0 radical (unpaired) electrons. The molecule has 1 aliphatic rings. The topological polar surface area (TPSA) is 66.5 Å². The van der Waals surface area contributed by atoms with E-state index in [1.165, 1.54) is 12.8 Å². The van der Waals surface area contributed by atoms with Crippen LogP contribution in [0.4, 0.5) is 0 Å². The van der Waals surface area contributed by atoms with Crippen LogP contribution in [0.2, 0.25) is 0 Å². The van der Waals surface area contributed by atoms with Crippen LogP contribution >= 0.6 is 0 Å². The van der Waals surface area contributed by atoms with E-state index < -0.39 is 10.0 Å². The molecule has 0 unspecified atom stereocenters. The molecule has 1 aliphatic carbocycles. The van der Waals surface area contributed by atoms with E-state index in [9.17, 15) is 13.2 Å². The van der Waals surface area contributed by atoms with Crippen molar-refractivity contribution in [1.29, 1.82) is 0 Å². The van der Waals surface area contributed by atoms with Gasteiger partial charge in [0.25, 0.3) is 0 Å². The van der Waals surface area contributed by atoms with Gasteiger partial charge in [-0.15, -0.1) is 0 Å². The van der Waals surface area contributed by atoms with E-state index in [0.717, 1.165) is 30.3 Å². The lowest BCUT2D eigenvalue weighted by Gasteiger charge is -2.22. The van der Waals surface area contributed by atoms with Gasteiger partial charge >= 0.3 is 0 Å². The van der Waals surface area contributed by atoms with Crippen LogP contribution in [0.15, 0.2) is 47.4 Å². The van der Waals surface area contributed by atoms with Crippen LogP contribution in [0.1, 0.15) is 32.6 Å². The Hall–Kier alpha value is -1.92. The third kappa shape index (κ3) is 4.83. The molecule has 140 valence electrons. The Bertz CT molecular complexity index is 876. The molecule has 5 nitrogen and oxygen atoms in total. The molecule has 2 aromatic carbocycles. The van der Waals surface area contributed by atoms with Gasteiger partial charge in [-0.1, -0.05) is 37.3 Å². The maximum Gasteiger partial charge on any atom is 0.240 e. The number of hydrogen-bond acceptors (Lipinski definition) is 3. The highest BCUT2D eigenvalue weighted by atomic mass is 32.2. The van der Waals surface area contributed by atoms with E-state index in [2.05, 4.69) is 11.6 Å². The highest BCUT2D eigenvalue weighted by Crippen LogP contribution is 2.29. The summed E-state index contributed by atoms with van der Waals surface area (Å²) in [7, 11) is -3.62. The van der Waals surface area contributed by atoms with E-state index in [4.69, 9.17) is 0 Å². The first-order valence-electron chi connectivity index (χ1n) is 9.26. The largest absolute Gasteiger partial charge is 0.342 e. The number of nitrogens with one attached hydrogen (secondary N) is 1. The highest BCUT2D eigenvalue weighted by molar-refractivity contribution is 7.89. The minimum absolute atomic E-state index is 0.0277. The molecule has 0 atom stereocenters. The zero-order valence-corrected chi connectivity index (χ0v) is 16.0. The predicted octanol–water partition coefficient (Wildman–Crippen LogP) is 3.16. The lowest BCUT2D eigenvalue weighted by molar-refractivity contribution is -0.131. The normalized spacial score (nSPS) is 14.5. The fourth-order valence-electron chi connectivity index (χ4n) is 3.07. The number of fused-ring (bicyclic) bond motifs is 1. The summed E-state index contributed by atoms with van der Waals surface area (Å²) in [5.41, 5.74) is 0. The minimum Gasteiger partial charge on any atom is -0.342 e. The van der Waals surface area contributed by atoms with Crippen molar-refractivity contribution in [3.63, 3.8) is 0 Å². The molecule has 1 amide bonds. The third-order valence-electron chi connectivity index (χ3n) is 4.68. The van der Waals surface area contributed by atoms with Gasteiger partial charge in [-0.2, -0.15) is 0 Å². The maximum atomic E-state index is 12.5. The number of benzene rings is 2. The third-order valence-corrected chi connectivity index (χ3v) is 6.14. The summed E-state index contributed by atoms with van der Waals surface area (Å²) in [6, 6.07) is 12.7. The van der Waals surface area contributed by atoms with Crippen molar-refractivity contribution in [2.75, 3.05) is 19.6 Å². The maximum absolute atomic E-state index is 12.5. The summed E-state index contributed by atoms with van der Waals surface area (Å²) in [6.07, 6.45) is 3.50. The van der Waals surface area contributed by atoms with Gasteiger partial charge in [0.05, 0.1) is 4.90 Å². The summed E-state index contributed by atoms with van der Waals surface area (Å²) in [5, 5.41) is 1.88. The fourth-order valence-corrected chi connectivity index (χ4v) is 4.13. The van der Waals surface area contributed by atoms with Crippen LogP contribution in [0.5, 0.6) is 0 Å². The molecule has 1 fully saturated rings. The molecule has 1 saturated carbocycles. The lowest BCUT2D eigenvalue weighted by atomic mass is 10.1. The Morgan fingerprint density at radius 2 is 1.88 bits per heavy atom. The first-order valence-corrected chi connectivity index (χ1v) is 10.7. The number of nitrogens with zero attached hydrogens (tertiary/aromatic N) is 1. The van der Waals surface area contributed by atoms with Gasteiger partial charge in [0.1, 0.15) is 0 Å². The molecule has 0 bridgehead atoms. The molecule has 2 aromatic rings. The van der Waals surface area contributed by atoms with Crippen LogP contribution in [0.3, 0.4) is 0 Å². The molecule has 1 N–H and O–H groups in total. The molecule has 0 saturated heterocycles. The highest BCUT2D eigenvalue weighted by Gasteiger charge is 2.26. The Labute approximate surface area is 155 Å². The number of sulfonamides is 1. The molecule has 0 heterocycles. The van der Waals surface area contributed by atoms with Crippen molar-refractivity contribution in [2.45, 2.75) is 37.5 Å². The summed E-state index contributed by atoms with van der Waals surface area (Å²) in [4.78, 5) is 14.5. The summed E-state index contributed by atoms with van der Waals surface area (Å²) >= 11 is 0. The summed E-state index contributed by atoms with van der Waals surface area (Å²) < 4.78 is 27.6. The number of rotatable bonds is 9. The van der Waals surface area contributed by atoms with E-state index >= 15 is 0 Å². The smallest absolute Gasteiger partial charge is 0.240 e. The van der Waals surface area contributed by atoms with Crippen LogP contribution < -0.4 is 4.72 Å². The van der Waals surface area contributed by atoms with Crippen molar-refractivity contribution in [2.24, 2.45) is 5.92 Å². The second-order valence-electron chi connectivity index (χ2n) is 6.94. The fraction of sp³-hybridized carbons (Fsp3) is 0.450. The second-order valence-corrected chi connectivity index (χ2v) is 8.71. The Morgan fingerprint density at radius 1 is 1.15 bits per heavy atom. The van der Waals surface area contributed by atoms with Crippen LogP contribution in [-0.2, 0) is 14.8 Å². The quantitative estimate of drug-likeness (QED) is 0.733. The predicted molar refractivity (Wildman–Crippen MR) is 103 cm³/mol. The van der Waals surface area contributed by atoms with Gasteiger partial charge in [-0.3, -0.25) is 4.79 Å². The van der Waals surface area contributed by atoms with Crippen molar-refractivity contribution in [3.05, 3.63) is 42.5 Å². The average Bonchev–Trinajstić information content (AvgIpc) is 3.45. The molecule has 3 rings (SSSR count). The van der Waals surface area contributed by atoms with Crippen LogP contribution in [-0.4, -0.2) is 38.9 Å². The Kier molecular flexibility index (Phi) is 5.94. The van der Waals surface area contributed by atoms with E-state index in [-0.39, 0.29) is 23.8 Å². The zero-order chi connectivity index (χ0) is 18.6. The first kappa shape index (κ1) is 18.9. The molecule has 0 aliphatic heterocycles.